The molecule has 2 atom stereocenters. The number of esters is 1. The van der Waals surface area contributed by atoms with Crippen molar-refractivity contribution in [1.82, 2.24) is 14.3 Å². The molecule has 1 N–H and O–H groups in total. The summed E-state index contributed by atoms with van der Waals surface area (Å²) >= 11 is 5.94. The predicted molar refractivity (Wildman–Crippen MR) is 164 cm³/mol. The number of hydrogen-bond donors (Lipinski definition) is 1. The normalized spacial score (nSPS) is 13.0. The third kappa shape index (κ3) is 7.40. The molecule has 0 spiro atoms. The maximum absolute atomic E-state index is 13.2. The minimum absolute atomic E-state index is 0.0173. The molecule has 11 heteroatoms. The van der Waals surface area contributed by atoms with Crippen LogP contribution < -0.4 is 4.72 Å². The first-order valence-electron chi connectivity index (χ1n) is 13.7. The Morgan fingerprint density at radius 3 is 2.26 bits per heavy atom. The van der Waals surface area contributed by atoms with Crippen molar-refractivity contribution >= 4 is 33.4 Å². The van der Waals surface area contributed by atoms with E-state index in [1.807, 2.05) is 49.7 Å². The molecule has 0 aliphatic carbocycles. The smallest absolute Gasteiger partial charge is 0.337 e. The van der Waals surface area contributed by atoms with E-state index < -0.39 is 28.1 Å². The number of rotatable bonds is 12. The molecule has 0 saturated carbocycles. The standard InChI is InChI=1S/C32H34ClN3O6S/c1-6-29(37)28(35-43(39,40)26-11-8-24(33)9-12-26)18-42-31(30-21(3)15-23(16-22(30)4)32(38)41-5)27-17-25(10-7-20(27)2)36-14-13-34-19-36/h7-17,19,28,31,35H,6,18H2,1-5H3/t28-,31-/m0/s1. The van der Waals surface area contributed by atoms with Crippen LogP contribution in [0.2, 0.25) is 5.02 Å². The molecule has 0 bridgehead atoms. The number of ketones is 1. The van der Waals surface area contributed by atoms with Gasteiger partial charge in [-0.3, -0.25) is 4.79 Å². The number of benzene rings is 3. The van der Waals surface area contributed by atoms with E-state index in [1.165, 1.54) is 31.4 Å². The number of Topliss-reactive ketones (excluding diaryl/α,β-unsaturated/α-hetero) is 1. The Kier molecular flexibility index (Phi) is 10.2. The molecule has 0 aliphatic heterocycles. The van der Waals surface area contributed by atoms with Gasteiger partial charge >= 0.3 is 5.97 Å². The Bertz CT molecular complexity index is 1700. The van der Waals surface area contributed by atoms with Crippen molar-refractivity contribution in [3.63, 3.8) is 0 Å². The van der Waals surface area contributed by atoms with Crippen molar-refractivity contribution in [3.8, 4) is 5.69 Å². The summed E-state index contributed by atoms with van der Waals surface area (Å²) in [7, 11) is -2.73. The molecule has 226 valence electrons. The Labute approximate surface area is 256 Å². The van der Waals surface area contributed by atoms with E-state index in [2.05, 4.69) is 9.71 Å². The molecule has 0 fully saturated rings. The molecule has 0 radical (unpaired) electrons. The first-order chi connectivity index (χ1) is 20.4. The van der Waals surface area contributed by atoms with E-state index in [9.17, 15) is 18.0 Å². The van der Waals surface area contributed by atoms with Gasteiger partial charge in [-0.15, -0.1) is 0 Å². The van der Waals surface area contributed by atoms with Crippen LogP contribution in [0.4, 0.5) is 0 Å². The molecule has 1 aromatic heterocycles. The molecule has 0 unspecified atom stereocenters. The highest BCUT2D eigenvalue weighted by Crippen LogP contribution is 2.35. The largest absolute Gasteiger partial charge is 0.465 e. The van der Waals surface area contributed by atoms with Gasteiger partial charge in [0.25, 0.3) is 0 Å². The van der Waals surface area contributed by atoms with Gasteiger partial charge in [-0.1, -0.05) is 24.6 Å². The number of nitrogens with zero attached hydrogens (tertiary/aromatic N) is 2. The van der Waals surface area contributed by atoms with Gasteiger partial charge in [0.15, 0.2) is 5.78 Å². The van der Waals surface area contributed by atoms with E-state index in [-0.39, 0.29) is 23.7 Å². The fourth-order valence-corrected chi connectivity index (χ4v) is 6.27. The minimum atomic E-state index is -4.06. The highest BCUT2D eigenvalue weighted by Gasteiger charge is 2.29. The summed E-state index contributed by atoms with van der Waals surface area (Å²) in [6.07, 6.45) is 4.59. The van der Waals surface area contributed by atoms with Crippen LogP contribution in [0, 0.1) is 20.8 Å². The number of aryl methyl sites for hydroxylation is 3. The Balaban J connectivity index is 1.77. The van der Waals surface area contributed by atoms with Crippen LogP contribution >= 0.6 is 11.6 Å². The average Bonchev–Trinajstić information content (AvgIpc) is 3.52. The van der Waals surface area contributed by atoms with Crippen molar-refractivity contribution in [2.24, 2.45) is 0 Å². The summed E-state index contributed by atoms with van der Waals surface area (Å²) in [5, 5.41) is 0.392. The van der Waals surface area contributed by atoms with E-state index in [1.54, 1.807) is 31.6 Å². The maximum Gasteiger partial charge on any atom is 0.337 e. The second-order valence-electron chi connectivity index (χ2n) is 10.2. The van der Waals surface area contributed by atoms with Gasteiger partial charge in [0.1, 0.15) is 12.1 Å². The monoisotopic (exact) mass is 623 g/mol. The predicted octanol–water partition coefficient (Wildman–Crippen LogP) is 5.67. The number of ether oxygens (including phenoxy) is 2. The van der Waals surface area contributed by atoms with E-state index in [0.717, 1.165) is 33.5 Å². The minimum Gasteiger partial charge on any atom is -0.465 e. The summed E-state index contributed by atoms with van der Waals surface area (Å²) in [6.45, 7) is 7.13. The highest BCUT2D eigenvalue weighted by atomic mass is 35.5. The van der Waals surface area contributed by atoms with Crippen molar-refractivity contribution < 1.29 is 27.5 Å². The summed E-state index contributed by atoms with van der Waals surface area (Å²) in [4.78, 5) is 29.5. The Morgan fingerprint density at radius 1 is 1.00 bits per heavy atom. The van der Waals surface area contributed by atoms with E-state index in [0.29, 0.717) is 10.6 Å². The van der Waals surface area contributed by atoms with Gasteiger partial charge in [0.05, 0.1) is 30.5 Å². The Morgan fingerprint density at radius 2 is 1.67 bits per heavy atom. The van der Waals surface area contributed by atoms with Crippen LogP contribution in [0.1, 0.15) is 57.6 Å². The molecule has 1 heterocycles. The third-order valence-corrected chi connectivity index (χ3v) is 8.95. The molecule has 0 amide bonds. The molecule has 43 heavy (non-hydrogen) atoms. The number of nitrogens with one attached hydrogen (secondary N) is 1. The second-order valence-corrected chi connectivity index (χ2v) is 12.3. The summed E-state index contributed by atoms with van der Waals surface area (Å²) in [5.41, 5.74) is 5.32. The zero-order valence-corrected chi connectivity index (χ0v) is 26.2. The van der Waals surface area contributed by atoms with Crippen molar-refractivity contribution in [2.75, 3.05) is 13.7 Å². The molecule has 9 nitrogen and oxygen atoms in total. The number of sulfonamides is 1. The van der Waals surface area contributed by atoms with Gasteiger partial charge < -0.3 is 14.0 Å². The fourth-order valence-electron chi connectivity index (χ4n) is 4.94. The lowest BCUT2D eigenvalue weighted by Gasteiger charge is -2.27. The SMILES string of the molecule is CCC(=O)[C@H](CO[C@@H](c1cc(-n2ccnc2)ccc1C)c1c(C)cc(C(=O)OC)cc1C)NS(=O)(=O)c1ccc(Cl)cc1. The van der Waals surface area contributed by atoms with Gasteiger partial charge in [-0.25, -0.2) is 18.2 Å². The first-order valence-corrected chi connectivity index (χ1v) is 15.5. The maximum atomic E-state index is 13.2. The number of halogens is 1. The third-order valence-electron chi connectivity index (χ3n) is 7.21. The van der Waals surface area contributed by atoms with Gasteiger partial charge in [-0.05, 0) is 97.1 Å². The van der Waals surface area contributed by atoms with Crippen molar-refractivity contribution in [1.29, 1.82) is 0 Å². The lowest BCUT2D eigenvalue weighted by Crippen LogP contribution is -2.44. The van der Waals surface area contributed by atoms with E-state index in [4.69, 9.17) is 21.1 Å². The fraction of sp³-hybridized carbons (Fsp3) is 0.281. The summed E-state index contributed by atoms with van der Waals surface area (Å²) in [5.74, 6) is -0.784. The Hall–Kier alpha value is -3.83. The van der Waals surface area contributed by atoms with Crippen LogP contribution in [0.25, 0.3) is 5.69 Å². The second kappa shape index (κ2) is 13.6. The van der Waals surface area contributed by atoms with Crippen LogP contribution in [-0.4, -0.2) is 49.5 Å². The first kappa shape index (κ1) is 32.1. The lowest BCUT2D eigenvalue weighted by atomic mass is 9.89. The van der Waals surface area contributed by atoms with Crippen LogP contribution in [0.5, 0.6) is 0 Å². The summed E-state index contributed by atoms with van der Waals surface area (Å²) < 4.78 is 42.3. The average molecular weight is 624 g/mol. The molecule has 3 aromatic carbocycles. The number of imidazole rings is 1. The van der Waals surface area contributed by atoms with Gasteiger partial charge in [-0.2, -0.15) is 4.72 Å². The lowest BCUT2D eigenvalue weighted by molar-refractivity contribution is -0.122. The molecule has 0 aliphatic rings. The van der Waals surface area contributed by atoms with Gasteiger partial charge in [0.2, 0.25) is 10.0 Å². The topological polar surface area (TPSA) is 117 Å². The van der Waals surface area contributed by atoms with Crippen LogP contribution in [-0.2, 0) is 24.3 Å². The van der Waals surface area contributed by atoms with Gasteiger partial charge in [0, 0.05) is 29.5 Å². The van der Waals surface area contributed by atoms with E-state index >= 15 is 0 Å². The van der Waals surface area contributed by atoms with Crippen molar-refractivity contribution in [3.05, 3.63) is 112 Å². The summed E-state index contributed by atoms with van der Waals surface area (Å²) in [6, 6.07) is 13.9. The van der Waals surface area contributed by atoms with Crippen LogP contribution in [0.3, 0.4) is 0 Å². The zero-order valence-electron chi connectivity index (χ0n) is 24.6. The number of methoxy groups -OCH3 is 1. The molecule has 4 rings (SSSR count). The quantitative estimate of drug-likeness (QED) is 0.202. The number of aromatic nitrogens is 2. The number of hydrogen-bond acceptors (Lipinski definition) is 7. The van der Waals surface area contributed by atoms with Crippen molar-refractivity contribution in [2.45, 2.75) is 51.2 Å². The molecular weight excluding hydrogens is 590 g/mol. The molecular formula is C32H34ClN3O6S. The number of carbonyl (C=O) groups is 2. The zero-order chi connectivity index (χ0) is 31.3. The highest BCUT2D eigenvalue weighted by molar-refractivity contribution is 7.89. The molecule has 4 aromatic rings. The molecule has 0 saturated heterocycles. The number of carbonyl (C=O) groups excluding carboxylic acids is 2. The van der Waals surface area contributed by atoms with Crippen LogP contribution in [0.15, 0.2) is 78.2 Å².